The maximum atomic E-state index is 13.3. The number of carbonyl (C=O) groups is 3. The second-order valence-electron chi connectivity index (χ2n) is 7.34. The second kappa shape index (κ2) is 8.79. The van der Waals surface area contributed by atoms with Crippen molar-refractivity contribution >= 4 is 23.4 Å². The van der Waals surface area contributed by atoms with Gasteiger partial charge in [-0.1, -0.05) is 66.2 Å². The predicted octanol–water partition coefficient (Wildman–Crippen LogP) is 4.29. The Balaban J connectivity index is 1.66. The molecule has 0 fully saturated rings. The maximum absolute atomic E-state index is 13.3. The summed E-state index contributed by atoms with van der Waals surface area (Å²) in [5.41, 5.74) is 3.12. The van der Waals surface area contributed by atoms with E-state index in [0.29, 0.717) is 16.8 Å². The van der Waals surface area contributed by atoms with Gasteiger partial charge in [-0.05, 0) is 36.8 Å². The molecule has 0 aromatic heterocycles. The standard InChI is InChI=1S/C26H21NO4/c1-18-12-14-20(15-13-18)25(29)27-17-24(31-26(30)21-10-6-3-7-11-21)23(28)16-22(27)19-8-4-2-5-9-19/h2-16,24H,17H2,1H3. The van der Waals surface area contributed by atoms with E-state index in [0.717, 1.165) is 11.1 Å². The monoisotopic (exact) mass is 411 g/mol. The van der Waals surface area contributed by atoms with Crippen LogP contribution in [-0.4, -0.2) is 35.2 Å². The molecule has 3 aromatic carbocycles. The Bertz CT molecular complexity index is 1140. The first kappa shape index (κ1) is 20.3. The van der Waals surface area contributed by atoms with Gasteiger partial charge in [-0.2, -0.15) is 0 Å². The highest BCUT2D eigenvalue weighted by atomic mass is 16.5. The number of ether oxygens (including phenoxy) is 1. The van der Waals surface area contributed by atoms with Gasteiger partial charge in [0, 0.05) is 11.6 Å². The highest BCUT2D eigenvalue weighted by molar-refractivity contribution is 6.08. The fourth-order valence-corrected chi connectivity index (χ4v) is 3.42. The van der Waals surface area contributed by atoms with E-state index >= 15 is 0 Å². The minimum atomic E-state index is -1.07. The molecule has 154 valence electrons. The molecule has 0 spiro atoms. The molecule has 1 unspecified atom stereocenters. The lowest BCUT2D eigenvalue weighted by Crippen LogP contribution is -2.45. The number of rotatable bonds is 4. The molecule has 3 aromatic rings. The van der Waals surface area contributed by atoms with Gasteiger partial charge in [0.25, 0.3) is 5.91 Å². The molecule has 0 bridgehead atoms. The summed E-state index contributed by atoms with van der Waals surface area (Å²) < 4.78 is 5.48. The summed E-state index contributed by atoms with van der Waals surface area (Å²) in [4.78, 5) is 40.1. The minimum Gasteiger partial charge on any atom is -0.448 e. The summed E-state index contributed by atoms with van der Waals surface area (Å²) in [6.07, 6.45) is 0.308. The number of ketones is 1. The normalized spacial score (nSPS) is 15.9. The van der Waals surface area contributed by atoms with Crippen LogP contribution in [-0.2, 0) is 9.53 Å². The van der Waals surface area contributed by atoms with E-state index in [9.17, 15) is 14.4 Å². The van der Waals surface area contributed by atoms with E-state index in [1.54, 1.807) is 42.5 Å². The topological polar surface area (TPSA) is 63.7 Å². The van der Waals surface area contributed by atoms with Crippen LogP contribution in [0.5, 0.6) is 0 Å². The number of hydrogen-bond donors (Lipinski definition) is 0. The van der Waals surface area contributed by atoms with E-state index in [1.807, 2.05) is 49.4 Å². The molecule has 5 heteroatoms. The first-order valence-corrected chi connectivity index (χ1v) is 9.98. The van der Waals surface area contributed by atoms with Crippen molar-refractivity contribution in [1.29, 1.82) is 0 Å². The summed E-state index contributed by atoms with van der Waals surface area (Å²) in [5, 5.41) is 0. The fourth-order valence-electron chi connectivity index (χ4n) is 3.42. The molecule has 1 heterocycles. The van der Waals surface area contributed by atoms with Crippen molar-refractivity contribution in [2.45, 2.75) is 13.0 Å². The first-order chi connectivity index (χ1) is 15.0. The smallest absolute Gasteiger partial charge is 0.338 e. The largest absolute Gasteiger partial charge is 0.448 e. The lowest BCUT2D eigenvalue weighted by atomic mass is 10.0. The van der Waals surface area contributed by atoms with Crippen LogP contribution in [0.25, 0.3) is 5.70 Å². The van der Waals surface area contributed by atoms with Gasteiger partial charge in [0.1, 0.15) is 0 Å². The molecule has 1 amide bonds. The van der Waals surface area contributed by atoms with Gasteiger partial charge in [0.2, 0.25) is 0 Å². The minimum absolute atomic E-state index is 0.0507. The summed E-state index contributed by atoms with van der Waals surface area (Å²) in [7, 11) is 0. The van der Waals surface area contributed by atoms with Gasteiger partial charge in [-0.15, -0.1) is 0 Å². The molecule has 31 heavy (non-hydrogen) atoms. The molecule has 4 rings (SSSR count). The Hall–Kier alpha value is -3.99. The average molecular weight is 411 g/mol. The van der Waals surface area contributed by atoms with Gasteiger partial charge in [-0.3, -0.25) is 9.59 Å². The zero-order valence-corrected chi connectivity index (χ0v) is 17.0. The van der Waals surface area contributed by atoms with E-state index in [4.69, 9.17) is 4.74 Å². The van der Waals surface area contributed by atoms with Crippen molar-refractivity contribution in [2.75, 3.05) is 6.54 Å². The summed E-state index contributed by atoms with van der Waals surface area (Å²) >= 11 is 0. The highest BCUT2D eigenvalue weighted by Gasteiger charge is 2.35. The maximum Gasteiger partial charge on any atom is 0.338 e. The van der Waals surface area contributed by atoms with Gasteiger partial charge >= 0.3 is 5.97 Å². The number of aryl methyl sites for hydroxylation is 1. The lowest BCUT2D eigenvalue weighted by molar-refractivity contribution is -0.123. The molecule has 1 aliphatic heterocycles. The Morgan fingerprint density at radius 1 is 0.839 bits per heavy atom. The molecule has 0 saturated carbocycles. The Morgan fingerprint density at radius 3 is 2.10 bits per heavy atom. The lowest BCUT2D eigenvalue weighted by Gasteiger charge is -2.32. The van der Waals surface area contributed by atoms with Crippen LogP contribution in [0.15, 0.2) is 91.0 Å². The second-order valence-corrected chi connectivity index (χ2v) is 7.34. The first-order valence-electron chi connectivity index (χ1n) is 9.98. The van der Waals surface area contributed by atoms with Crippen molar-refractivity contribution in [3.8, 4) is 0 Å². The van der Waals surface area contributed by atoms with Crippen LogP contribution in [0.1, 0.15) is 31.8 Å². The molecule has 1 aliphatic rings. The van der Waals surface area contributed by atoms with Crippen LogP contribution in [0.3, 0.4) is 0 Å². The molecule has 0 radical (unpaired) electrons. The Kier molecular flexibility index (Phi) is 5.76. The van der Waals surface area contributed by atoms with Crippen LogP contribution in [0, 0.1) is 6.92 Å². The van der Waals surface area contributed by atoms with Crippen molar-refractivity contribution in [3.05, 3.63) is 113 Å². The summed E-state index contributed by atoms with van der Waals surface area (Å²) in [6, 6.07) is 24.9. The van der Waals surface area contributed by atoms with E-state index in [2.05, 4.69) is 0 Å². The Morgan fingerprint density at radius 2 is 1.45 bits per heavy atom. The van der Waals surface area contributed by atoms with Crippen LogP contribution >= 0.6 is 0 Å². The van der Waals surface area contributed by atoms with Gasteiger partial charge < -0.3 is 9.64 Å². The van der Waals surface area contributed by atoms with Crippen molar-refractivity contribution in [2.24, 2.45) is 0 Å². The fraction of sp³-hybridized carbons (Fsp3) is 0.115. The number of benzene rings is 3. The zero-order chi connectivity index (χ0) is 21.8. The molecule has 0 saturated heterocycles. The van der Waals surface area contributed by atoms with Crippen molar-refractivity contribution in [1.82, 2.24) is 4.90 Å². The number of hydrogen-bond acceptors (Lipinski definition) is 4. The number of carbonyl (C=O) groups excluding carboxylic acids is 3. The van der Waals surface area contributed by atoms with Crippen molar-refractivity contribution < 1.29 is 19.1 Å². The van der Waals surface area contributed by atoms with Crippen molar-refractivity contribution in [3.63, 3.8) is 0 Å². The third-order valence-corrected chi connectivity index (χ3v) is 5.11. The van der Waals surface area contributed by atoms with Gasteiger partial charge in [0.15, 0.2) is 11.9 Å². The molecular formula is C26H21NO4. The van der Waals surface area contributed by atoms with Gasteiger partial charge in [-0.25, -0.2) is 4.79 Å². The highest BCUT2D eigenvalue weighted by Crippen LogP contribution is 2.27. The number of esters is 1. The van der Waals surface area contributed by atoms with Gasteiger partial charge in [0.05, 0.1) is 17.8 Å². The predicted molar refractivity (Wildman–Crippen MR) is 117 cm³/mol. The molecule has 0 aliphatic carbocycles. The van der Waals surface area contributed by atoms with Crippen LogP contribution in [0.4, 0.5) is 0 Å². The number of amides is 1. The molecule has 1 atom stereocenters. The van der Waals surface area contributed by atoms with Crippen LogP contribution < -0.4 is 0 Å². The SMILES string of the molecule is Cc1ccc(C(=O)N2CC(OC(=O)c3ccccc3)C(=O)C=C2c2ccccc2)cc1. The molecule has 0 N–H and O–H groups in total. The average Bonchev–Trinajstić information content (AvgIpc) is 2.81. The van der Waals surface area contributed by atoms with E-state index in [1.165, 1.54) is 11.0 Å². The third kappa shape index (κ3) is 4.46. The zero-order valence-electron chi connectivity index (χ0n) is 17.0. The summed E-state index contributed by atoms with van der Waals surface area (Å²) in [5.74, 6) is -1.21. The quantitative estimate of drug-likeness (QED) is 0.601. The van der Waals surface area contributed by atoms with Crippen LogP contribution in [0.2, 0.25) is 0 Å². The Labute approximate surface area is 180 Å². The molecule has 5 nitrogen and oxygen atoms in total. The molecular weight excluding hydrogens is 390 g/mol. The number of nitrogens with zero attached hydrogens (tertiary/aromatic N) is 1. The van der Waals surface area contributed by atoms with E-state index in [-0.39, 0.29) is 18.2 Å². The summed E-state index contributed by atoms with van der Waals surface area (Å²) in [6.45, 7) is 1.90. The van der Waals surface area contributed by atoms with E-state index < -0.39 is 12.1 Å². The third-order valence-electron chi connectivity index (χ3n) is 5.11.